The molecule has 0 aliphatic rings. The molecule has 2 rings (SSSR count). The summed E-state index contributed by atoms with van der Waals surface area (Å²) < 4.78 is 6.26. The molecule has 2 heterocycles. The Morgan fingerprint density at radius 1 is 1.48 bits per heavy atom. The molecule has 0 atom stereocenters. The molecule has 0 spiro atoms. The van der Waals surface area contributed by atoms with Crippen LogP contribution in [0.1, 0.15) is 38.3 Å². The summed E-state index contributed by atoms with van der Waals surface area (Å²) in [6, 6.07) is 1.74. The summed E-state index contributed by atoms with van der Waals surface area (Å²) in [5.41, 5.74) is 2.62. The largest absolute Gasteiger partial charge is 0.465 e. The van der Waals surface area contributed by atoms with Crippen LogP contribution in [0.3, 0.4) is 0 Å². The highest BCUT2D eigenvalue weighted by molar-refractivity contribution is 7.12. The van der Waals surface area contributed by atoms with Crippen LogP contribution >= 0.6 is 11.3 Å². The lowest BCUT2D eigenvalue weighted by atomic mass is 10.2. The van der Waals surface area contributed by atoms with Crippen LogP contribution in [0.4, 0.5) is 5.69 Å². The van der Waals surface area contributed by atoms with Gasteiger partial charge in [0.15, 0.2) is 0 Å². The van der Waals surface area contributed by atoms with Crippen molar-refractivity contribution in [1.82, 2.24) is 9.78 Å². The number of carbonyl (C=O) groups excluding carboxylic acids is 2. The predicted octanol–water partition coefficient (Wildman–Crippen LogP) is 2.39. The fourth-order valence-electron chi connectivity index (χ4n) is 1.93. The first-order valence-corrected chi connectivity index (χ1v) is 7.36. The number of hydrogen-bond donors (Lipinski definition) is 1. The van der Waals surface area contributed by atoms with Crippen molar-refractivity contribution >= 4 is 28.9 Å². The Bertz CT molecular complexity index is 688. The topological polar surface area (TPSA) is 73.2 Å². The molecule has 0 bridgehead atoms. The number of ether oxygens (including phenoxy) is 1. The minimum absolute atomic E-state index is 0.295. The van der Waals surface area contributed by atoms with Gasteiger partial charge < -0.3 is 10.1 Å². The summed E-state index contributed by atoms with van der Waals surface area (Å²) in [6.45, 7) is 3.81. The van der Waals surface area contributed by atoms with Gasteiger partial charge in [-0.25, -0.2) is 4.79 Å². The summed E-state index contributed by atoms with van der Waals surface area (Å²) in [6.07, 6.45) is 0.756. The zero-order valence-corrected chi connectivity index (χ0v) is 13.2. The zero-order chi connectivity index (χ0) is 15.6. The highest BCUT2D eigenvalue weighted by Gasteiger charge is 2.20. The van der Waals surface area contributed by atoms with Gasteiger partial charge >= 0.3 is 5.97 Å². The molecule has 0 aromatic carbocycles. The van der Waals surface area contributed by atoms with Crippen molar-refractivity contribution in [3.05, 3.63) is 33.3 Å². The minimum Gasteiger partial charge on any atom is -0.465 e. The van der Waals surface area contributed by atoms with Crippen LogP contribution in [-0.2, 0) is 18.2 Å². The van der Waals surface area contributed by atoms with E-state index in [-0.39, 0.29) is 5.91 Å². The monoisotopic (exact) mass is 307 g/mol. The number of nitrogens with one attached hydrogen (secondary N) is 1. The Hall–Kier alpha value is -2.15. The van der Waals surface area contributed by atoms with Gasteiger partial charge in [0.05, 0.1) is 18.5 Å². The number of amides is 1. The van der Waals surface area contributed by atoms with E-state index in [1.165, 1.54) is 23.1 Å². The molecule has 0 saturated carbocycles. The third-order valence-electron chi connectivity index (χ3n) is 3.11. The lowest BCUT2D eigenvalue weighted by molar-refractivity contribution is 0.0607. The molecule has 2 aromatic rings. The number of thiophene rings is 1. The standard InChI is InChI=1S/C14H17N3O3S/c1-5-9-6-10(17(3)16-9)13(18)15-11-8(2)7-21-12(11)14(19)20-4/h6-7H,5H2,1-4H3,(H,15,18). The summed E-state index contributed by atoms with van der Waals surface area (Å²) in [7, 11) is 3.04. The number of esters is 1. The smallest absolute Gasteiger partial charge is 0.350 e. The first kappa shape index (κ1) is 15.2. The second-order valence-corrected chi connectivity index (χ2v) is 5.45. The average Bonchev–Trinajstić information content (AvgIpc) is 3.02. The van der Waals surface area contributed by atoms with Crippen LogP contribution in [0.5, 0.6) is 0 Å². The van der Waals surface area contributed by atoms with Gasteiger partial charge in [-0.15, -0.1) is 11.3 Å². The number of nitrogens with zero attached hydrogens (tertiary/aromatic N) is 2. The van der Waals surface area contributed by atoms with Crippen LogP contribution in [0.2, 0.25) is 0 Å². The first-order valence-electron chi connectivity index (χ1n) is 6.48. The molecule has 0 aliphatic carbocycles. The lowest BCUT2D eigenvalue weighted by Crippen LogP contribution is -2.18. The maximum absolute atomic E-state index is 12.4. The number of aromatic nitrogens is 2. The number of aryl methyl sites for hydroxylation is 3. The molecule has 2 aromatic heterocycles. The summed E-state index contributed by atoms with van der Waals surface area (Å²) in [5.74, 6) is -0.751. The van der Waals surface area contributed by atoms with Gasteiger partial charge in [0, 0.05) is 7.05 Å². The molecular formula is C14H17N3O3S. The van der Waals surface area contributed by atoms with Gasteiger partial charge in [-0.05, 0) is 30.4 Å². The zero-order valence-electron chi connectivity index (χ0n) is 12.4. The van der Waals surface area contributed by atoms with E-state index in [1.54, 1.807) is 13.1 Å². The maximum atomic E-state index is 12.4. The van der Waals surface area contributed by atoms with E-state index in [1.807, 2.05) is 19.2 Å². The average molecular weight is 307 g/mol. The molecule has 1 N–H and O–H groups in total. The number of rotatable bonds is 4. The van der Waals surface area contributed by atoms with Crippen molar-refractivity contribution in [3.63, 3.8) is 0 Å². The van der Waals surface area contributed by atoms with Crippen LogP contribution in [0.15, 0.2) is 11.4 Å². The first-order chi connectivity index (χ1) is 9.97. The second kappa shape index (κ2) is 6.09. The van der Waals surface area contributed by atoms with E-state index in [2.05, 4.69) is 10.4 Å². The van der Waals surface area contributed by atoms with E-state index < -0.39 is 5.97 Å². The molecular weight excluding hydrogens is 290 g/mol. The maximum Gasteiger partial charge on any atom is 0.350 e. The molecule has 0 saturated heterocycles. The van der Waals surface area contributed by atoms with Crippen molar-refractivity contribution in [3.8, 4) is 0 Å². The van der Waals surface area contributed by atoms with Gasteiger partial charge in [0.1, 0.15) is 10.6 Å². The SMILES string of the molecule is CCc1cc(C(=O)Nc2c(C)csc2C(=O)OC)n(C)n1. The van der Waals surface area contributed by atoms with Crippen molar-refractivity contribution in [2.24, 2.45) is 7.05 Å². The van der Waals surface area contributed by atoms with Gasteiger partial charge in [-0.3, -0.25) is 9.48 Å². The molecule has 0 fully saturated rings. The Kier molecular flexibility index (Phi) is 4.42. The number of anilines is 1. The second-order valence-electron chi connectivity index (χ2n) is 4.57. The van der Waals surface area contributed by atoms with E-state index in [0.717, 1.165) is 17.7 Å². The Labute approximate surface area is 126 Å². The fourth-order valence-corrected chi connectivity index (χ4v) is 2.85. The normalized spacial score (nSPS) is 10.5. The van der Waals surface area contributed by atoms with E-state index >= 15 is 0 Å². The quantitative estimate of drug-likeness (QED) is 0.880. The number of carbonyl (C=O) groups is 2. The van der Waals surface area contributed by atoms with Crippen LogP contribution in [0.25, 0.3) is 0 Å². The van der Waals surface area contributed by atoms with E-state index in [9.17, 15) is 9.59 Å². The van der Waals surface area contributed by atoms with E-state index in [4.69, 9.17) is 4.74 Å². The predicted molar refractivity (Wildman–Crippen MR) is 80.9 cm³/mol. The highest BCUT2D eigenvalue weighted by atomic mass is 32.1. The minimum atomic E-state index is -0.456. The Balaban J connectivity index is 2.29. The summed E-state index contributed by atoms with van der Waals surface area (Å²) >= 11 is 1.25. The van der Waals surface area contributed by atoms with Crippen LogP contribution in [-0.4, -0.2) is 28.8 Å². The van der Waals surface area contributed by atoms with Crippen LogP contribution < -0.4 is 5.32 Å². The summed E-state index contributed by atoms with van der Waals surface area (Å²) in [4.78, 5) is 24.5. The number of methoxy groups -OCH3 is 1. The van der Waals surface area contributed by atoms with Gasteiger partial charge in [-0.1, -0.05) is 6.92 Å². The van der Waals surface area contributed by atoms with Gasteiger partial charge in [0.25, 0.3) is 5.91 Å². The van der Waals surface area contributed by atoms with Crippen molar-refractivity contribution in [1.29, 1.82) is 0 Å². The highest BCUT2D eigenvalue weighted by Crippen LogP contribution is 2.28. The Morgan fingerprint density at radius 2 is 2.19 bits per heavy atom. The fraction of sp³-hybridized carbons (Fsp3) is 0.357. The molecule has 6 nitrogen and oxygen atoms in total. The molecule has 7 heteroatoms. The number of hydrogen-bond acceptors (Lipinski definition) is 5. The molecule has 21 heavy (non-hydrogen) atoms. The van der Waals surface area contributed by atoms with Crippen molar-refractivity contribution in [2.45, 2.75) is 20.3 Å². The van der Waals surface area contributed by atoms with Crippen LogP contribution in [0, 0.1) is 6.92 Å². The van der Waals surface area contributed by atoms with E-state index in [0.29, 0.717) is 16.3 Å². The molecule has 1 amide bonds. The van der Waals surface area contributed by atoms with Crippen molar-refractivity contribution < 1.29 is 14.3 Å². The summed E-state index contributed by atoms with van der Waals surface area (Å²) in [5, 5.41) is 8.83. The van der Waals surface area contributed by atoms with Gasteiger partial charge in [-0.2, -0.15) is 5.10 Å². The Morgan fingerprint density at radius 3 is 2.76 bits per heavy atom. The molecule has 0 radical (unpaired) electrons. The van der Waals surface area contributed by atoms with Crippen molar-refractivity contribution in [2.75, 3.05) is 12.4 Å². The third kappa shape index (κ3) is 2.97. The van der Waals surface area contributed by atoms with Gasteiger partial charge in [0.2, 0.25) is 0 Å². The lowest BCUT2D eigenvalue weighted by Gasteiger charge is -2.07. The molecule has 0 unspecified atom stereocenters. The molecule has 112 valence electrons. The third-order valence-corrected chi connectivity index (χ3v) is 4.19. The molecule has 0 aliphatic heterocycles.